The molecule has 23 heavy (non-hydrogen) atoms. The second-order valence-corrected chi connectivity index (χ2v) is 5.63. The van der Waals surface area contributed by atoms with E-state index in [9.17, 15) is 4.79 Å². The minimum absolute atomic E-state index is 0.237. The van der Waals surface area contributed by atoms with Gasteiger partial charge in [0.15, 0.2) is 0 Å². The molecule has 1 aromatic carbocycles. The van der Waals surface area contributed by atoms with E-state index < -0.39 is 0 Å². The molecule has 1 aliphatic heterocycles. The quantitative estimate of drug-likeness (QED) is 0.887. The summed E-state index contributed by atoms with van der Waals surface area (Å²) in [6, 6.07) is 7.62. The fraction of sp³-hybridized carbons (Fsp3) is 0.353. The molecule has 1 saturated heterocycles. The van der Waals surface area contributed by atoms with Crippen LogP contribution in [0.3, 0.4) is 0 Å². The molecule has 1 unspecified atom stereocenters. The summed E-state index contributed by atoms with van der Waals surface area (Å²) in [6.07, 6.45) is 5.46. The SMILES string of the molecule is Cc1cccc(NC(=O)c2cnc(NCC3CCCO3)cn2)c1. The van der Waals surface area contributed by atoms with Gasteiger partial charge >= 0.3 is 0 Å². The summed E-state index contributed by atoms with van der Waals surface area (Å²) >= 11 is 0. The fourth-order valence-corrected chi connectivity index (χ4v) is 2.48. The highest BCUT2D eigenvalue weighted by Gasteiger charge is 2.15. The molecule has 0 aliphatic carbocycles. The van der Waals surface area contributed by atoms with Gasteiger partial charge in [-0.15, -0.1) is 0 Å². The van der Waals surface area contributed by atoms with Crippen LogP contribution in [0.4, 0.5) is 11.5 Å². The molecule has 6 nitrogen and oxygen atoms in total. The standard InChI is InChI=1S/C17H20N4O2/c1-12-4-2-5-13(8-12)21-17(22)15-10-20-16(11-18-15)19-9-14-6-3-7-23-14/h2,4-5,8,10-11,14H,3,6-7,9H2,1H3,(H,19,20)(H,21,22). The summed E-state index contributed by atoms with van der Waals surface area (Å²) in [5.41, 5.74) is 2.12. The monoisotopic (exact) mass is 312 g/mol. The van der Waals surface area contributed by atoms with Gasteiger partial charge in [-0.3, -0.25) is 4.79 Å². The van der Waals surface area contributed by atoms with Crippen LogP contribution in [0, 0.1) is 6.92 Å². The second kappa shape index (κ2) is 7.19. The van der Waals surface area contributed by atoms with Crippen molar-refractivity contribution < 1.29 is 9.53 Å². The molecule has 0 bridgehead atoms. The summed E-state index contributed by atoms with van der Waals surface area (Å²) in [4.78, 5) is 20.5. The fourth-order valence-electron chi connectivity index (χ4n) is 2.48. The average molecular weight is 312 g/mol. The molecule has 3 rings (SSSR count). The molecule has 1 amide bonds. The van der Waals surface area contributed by atoms with Crippen LogP contribution in [0.5, 0.6) is 0 Å². The Bertz CT molecular complexity index is 667. The Morgan fingerprint density at radius 3 is 2.96 bits per heavy atom. The minimum Gasteiger partial charge on any atom is -0.376 e. The smallest absolute Gasteiger partial charge is 0.275 e. The summed E-state index contributed by atoms with van der Waals surface area (Å²) < 4.78 is 5.54. The second-order valence-electron chi connectivity index (χ2n) is 5.63. The Morgan fingerprint density at radius 1 is 1.35 bits per heavy atom. The molecule has 1 aromatic heterocycles. The van der Waals surface area contributed by atoms with Gasteiger partial charge in [-0.25, -0.2) is 9.97 Å². The third-order valence-corrected chi connectivity index (χ3v) is 3.70. The summed E-state index contributed by atoms with van der Waals surface area (Å²) in [5.74, 6) is 0.376. The normalized spacial score (nSPS) is 17.0. The number of anilines is 2. The Balaban J connectivity index is 1.56. The Labute approximate surface area is 135 Å². The molecule has 1 fully saturated rings. The number of aromatic nitrogens is 2. The number of benzene rings is 1. The lowest BCUT2D eigenvalue weighted by atomic mass is 10.2. The maximum Gasteiger partial charge on any atom is 0.275 e. The van der Waals surface area contributed by atoms with E-state index >= 15 is 0 Å². The van der Waals surface area contributed by atoms with Gasteiger partial charge in [-0.1, -0.05) is 12.1 Å². The first-order valence-electron chi connectivity index (χ1n) is 7.76. The molecule has 0 saturated carbocycles. The number of nitrogens with zero attached hydrogens (tertiary/aromatic N) is 2. The minimum atomic E-state index is -0.270. The van der Waals surface area contributed by atoms with Crippen molar-refractivity contribution in [3.8, 4) is 0 Å². The Morgan fingerprint density at radius 2 is 2.26 bits per heavy atom. The van der Waals surface area contributed by atoms with Crippen LogP contribution in [0.25, 0.3) is 0 Å². The average Bonchev–Trinajstić information content (AvgIpc) is 3.07. The highest BCUT2D eigenvalue weighted by atomic mass is 16.5. The maximum atomic E-state index is 12.1. The van der Waals surface area contributed by atoms with Gasteiger partial charge in [-0.05, 0) is 37.5 Å². The van der Waals surface area contributed by atoms with Crippen molar-refractivity contribution in [2.24, 2.45) is 0 Å². The number of hydrogen-bond acceptors (Lipinski definition) is 5. The molecule has 0 spiro atoms. The van der Waals surface area contributed by atoms with Crippen LogP contribution in [0.1, 0.15) is 28.9 Å². The highest BCUT2D eigenvalue weighted by molar-refractivity contribution is 6.02. The molecule has 6 heteroatoms. The van der Waals surface area contributed by atoms with E-state index in [1.54, 1.807) is 6.20 Å². The first-order valence-corrected chi connectivity index (χ1v) is 7.76. The highest BCUT2D eigenvalue weighted by Crippen LogP contribution is 2.13. The number of amides is 1. The molecule has 2 aromatic rings. The third-order valence-electron chi connectivity index (χ3n) is 3.70. The lowest BCUT2D eigenvalue weighted by Gasteiger charge is -2.11. The molecular formula is C17H20N4O2. The van der Waals surface area contributed by atoms with E-state index in [0.29, 0.717) is 12.4 Å². The van der Waals surface area contributed by atoms with Crippen LogP contribution in [-0.4, -0.2) is 35.1 Å². The van der Waals surface area contributed by atoms with E-state index in [-0.39, 0.29) is 17.7 Å². The number of carbonyl (C=O) groups is 1. The van der Waals surface area contributed by atoms with Crippen molar-refractivity contribution in [3.63, 3.8) is 0 Å². The lowest BCUT2D eigenvalue weighted by molar-refractivity contribution is 0.102. The first kappa shape index (κ1) is 15.4. The summed E-state index contributed by atoms with van der Waals surface area (Å²) in [6.45, 7) is 3.52. The van der Waals surface area contributed by atoms with Gasteiger partial charge in [0.25, 0.3) is 5.91 Å². The van der Waals surface area contributed by atoms with Crippen LogP contribution in [0.2, 0.25) is 0 Å². The van der Waals surface area contributed by atoms with Gasteiger partial charge in [-0.2, -0.15) is 0 Å². The van der Waals surface area contributed by atoms with Crippen molar-refractivity contribution in [2.45, 2.75) is 25.9 Å². The van der Waals surface area contributed by atoms with Crippen LogP contribution >= 0.6 is 0 Å². The molecule has 1 aliphatic rings. The molecular weight excluding hydrogens is 292 g/mol. The zero-order valence-corrected chi connectivity index (χ0v) is 13.1. The van der Waals surface area contributed by atoms with E-state index in [0.717, 1.165) is 30.7 Å². The number of ether oxygens (including phenoxy) is 1. The van der Waals surface area contributed by atoms with Gasteiger partial charge in [0.1, 0.15) is 11.5 Å². The van der Waals surface area contributed by atoms with Gasteiger partial charge < -0.3 is 15.4 Å². The van der Waals surface area contributed by atoms with Gasteiger partial charge in [0, 0.05) is 18.8 Å². The van der Waals surface area contributed by atoms with Crippen molar-refractivity contribution in [1.82, 2.24) is 9.97 Å². The van der Waals surface area contributed by atoms with Crippen LogP contribution in [-0.2, 0) is 4.74 Å². The summed E-state index contributed by atoms with van der Waals surface area (Å²) in [5, 5.41) is 5.99. The maximum absolute atomic E-state index is 12.1. The van der Waals surface area contributed by atoms with Crippen LogP contribution < -0.4 is 10.6 Å². The van der Waals surface area contributed by atoms with E-state index in [1.807, 2.05) is 31.2 Å². The first-order chi connectivity index (χ1) is 11.2. The van der Waals surface area contributed by atoms with Crippen molar-refractivity contribution in [3.05, 3.63) is 47.9 Å². The van der Waals surface area contributed by atoms with E-state index in [2.05, 4.69) is 20.6 Å². The zero-order valence-electron chi connectivity index (χ0n) is 13.1. The number of carbonyl (C=O) groups excluding carboxylic acids is 1. The molecule has 2 N–H and O–H groups in total. The third kappa shape index (κ3) is 4.26. The number of nitrogens with one attached hydrogen (secondary N) is 2. The Hall–Kier alpha value is -2.47. The van der Waals surface area contributed by atoms with E-state index in [4.69, 9.17) is 4.74 Å². The predicted octanol–water partition coefficient (Wildman–Crippen LogP) is 2.63. The molecule has 0 radical (unpaired) electrons. The number of aryl methyl sites for hydroxylation is 1. The Kier molecular flexibility index (Phi) is 4.83. The summed E-state index contributed by atoms with van der Waals surface area (Å²) in [7, 11) is 0. The lowest BCUT2D eigenvalue weighted by Crippen LogP contribution is -2.19. The van der Waals surface area contributed by atoms with Gasteiger partial charge in [0.05, 0.1) is 18.5 Å². The molecule has 120 valence electrons. The predicted molar refractivity (Wildman–Crippen MR) is 88.6 cm³/mol. The van der Waals surface area contributed by atoms with Crippen molar-refractivity contribution >= 4 is 17.4 Å². The largest absolute Gasteiger partial charge is 0.376 e. The molecule has 1 atom stereocenters. The van der Waals surface area contributed by atoms with Crippen molar-refractivity contribution in [1.29, 1.82) is 0 Å². The van der Waals surface area contributed by atoms with E-state index in [1.165, 1.54) is 6.20 Å². The van der Waals surface area contributed by atoms with Crippen molar-refractivity contribution in [2.75, 3.05) is 23.8 Å². The topological polar surface area (TPSA) is 76.1 Å². The zero-order chi connectivity index (χ0) is 16.1. The van der Waals surface area contributed by atoms with Crippen LogP contribution in [0.15, 0.2) is 36.7 Å². The number of hydrogen-bond donors (Lipinski definition) is 2. The van der Waals surface area contributed by atoms with Gasteiger partial charge in [0.2, 0.25) is 0 Å². The number of rotatable bonds is 5. The molecule has 2 heterocycles.